The second-order valence-corrected chi connectivity index (χ2v) is 6.86. The van der Waals surface area contributed by atoms with Crippen LogP contribution < -0.4 is 10.2 Å². The summed E-state index contributed by atoms with van der Waals surface area (Å²) in [6.07, 6.45) is 0. The van der Waals surface area contributed by atoms with E-state index in [9.17, 15) is 4.79 Å². The van der Waals surface area contributed by atoms with Crippen molar-refractivity contribution in [2.45, 2.75) is 20.8 Å². The summed E-state index contributed by atoms with van der Waals surface area (Å²) in [5.41, 5.74) is 5.78. The fourth-order valence-electron chi connectivity index (χ4n) is 3.46. The predicted octanol–water partition coefficient (Wildman–Crippen LogP) is 3.37. The van der Waals surface area contributed by atoms with Crippen LogP contribution in [0.1, 0.15) is 16.7 Å². The zero-order valence-corrected chi connectivity index (χ0v) is 15.4. The van der Waals surface area contributed by atoms with Gasteiger partial charge >= 0.3 is 0 Å². The first-order chi connectivity index (χ1) is 12.0. The molecule has 1 aliphatic heterocycles. The van der Waals surface area contributed by atoms with Gasteiger partial charge in [-0.1, -0.05) is 36.4 Å². The van der Waals surface area contributed by atoms with Crippen molar-refractivity contribution < 1.29 is 4.79 Å². The van der Waals surface area contributed by atoms with E-state index in [0.717, 1.165) is 43.0 Å². The summed E-state index contributed by atoms with van der Waals surface area (Å²) in [6, 6.07) is 14.6. The molecule has 0 saturated carbocycles. The molecule has 0 unspecified atom stereocenters. The van der Waals surface area contributed by atoms with Gasteiger partial charge in [0.05, 0.1) is 6.54 Å². The minimum Gasteiger partial charge on any atom is -0.369 e. The number of piperazine rings is 1. The SMILES string of the molecule is Cc1ccccc1N1CCN(CC(=O)Nc2c(C)cccc2C)CC1. The van der Waals surface area contributed by atoms with Crippen LogP contribution in [0.4, 0.5) is 11.4 Å². The van der Waals surface area contributed by atoms with Gasteiger partial charge in [-0.15, -0.1) is 0 Å². The maximum atomic E-state index is 12.4. The van der Waals surface area contributed by atoms with Gasteiger partial charge in [-0.3, -0.25) is 9.69 Å². The molecule has 0 bridgehead atoms. The summed E-state index contributed by atoms with van der Waals surface area (Å²) in [6.45, 7) is 10.4. The summed E-state index contributed by atoms with van der Waals surface area (Å²) in [5, 5.41) is 3.08. The molecular formula is C21H27N3O. The average Bonchev–Trinajstić information content (AvgIpc) is 2.60. The molecule has 0 atom stereocenters. The zero-order valence-electron chi connectivity index (χ0n) is 15.4. The fourth-order valence-corrected chi connectivity index (χ4v) is 3.46. The Labute approximate surface area is 150 Å². The highest BCUT2D eigenvalue weighted by Crippen LogP contribution is 2.21. The highest BCUT2D eigenvalue weighted by atomic mass is 16.2. The third-order valence-corrected chi connectivity index (χ3v) is 4.94. The number of nitrogens with one attached hydrogen (secondary N) is 1. The van der Waals surface area contributed by atoms with Gasteiger partial charge in [0.1, 0.15) is 0 Å². The third-order valence-electron chi connectivity index (χ3n) is 4.94. The number of hydrogen-bond acceptors (Lipinski definition) is 3. The van der Waals surface area contributed by atoms with E-state index in [1.54, 1.807) is 0 Å². The van der Waals surface area contributed by atoms with Crippen LogP contribution in [0.25, 0.3) is 0 Å². The van der Waals surface area contributed by atoms with Crippen molar-refractivity contribution in [2.24, 2.45) is 0 Å². The van der Waals surface area contributed by atoms with Gasteiger partial charge in [-0.25, -0.2) is 0 Å². The van der Waals surface area contributed by atoms with Crippen LogP contribution in [-0.2, 0) is 4.79 Å². The molecule has 1 N–H and O–H groups in total. The molecule has 25 heavy (non-hydrogen) atoms. The van der Waals surface area contributed by atoms with E-state index >= 15 is 0 Å². The van der Waals surface area contributed by atoms with Gasteiger partial charge in [0.25, 0.3) is 0 Å². The molecule has 2 aromatic rings. The Morgan fingerprint density at radius 2 is 1.48 bits per heavy atom. The summed E-state index contributed by atoms with van der Waals surface area (Å²) in [7, 11) is 0. The number of hydrogen-bond donors (Lipinski definition) is 1. The van der Waals surface area contributed by atoms with Crippen molar-refractivity contribution in [3.8, 4) is 0 Å². The summed E-state index contributed by atoms with van der Waals surface area (Å²) < 4.78 is 0. The molecule has 1 heterocycles. The standard InChI is InChI=1S/C21H27N3O/c1-16-7-4-5-10-19(16)24-13-11-23(12-14-24)15-20(25)22-21-17(2)8-6-9-18(21)3/h4-10H,11-15H2,1-3H3,(H,22,25). The lowest BCUT2D eigenvalue weighted by molar-refractivity contribution is -0.117. The molecule has 0 aromatic heterocycles. The van der Waals surface area contributed by atoms with Crippen LogP contribution in [-0.4, -0.2) is 43.5 Å². The highest BCUT2D eigenvalue weighted by molar-refractivity contribution is 5.93. The number of carbonyl (C=O) groups excluding carboxylic acids is 1. The molecule has 1 saturated heterocycles. The van der Waals surface area contributed by atoms with Gasteiger partial charge in [-0.05, 0) is 43.5 Å². The molecule has 3 rings (SSSR count). The number of benzene rings is 2. The summed E-state index contributed by atoms with van der Waals surface area (Å²) in [4.78, 5) is 17.1. The molecule has 1 fully saturated rings. The van der Waals surface area contributed by atoms with E-state index < -0.39 is 0 Å². The van der Waals surface area contributed by atoms with Crippen LogP contribution in [0.5, 0.6) is 0 Å². The van der Waals surface area contributed by atoms with E-state index in [2.05, 4.69) is 46.3 Å². The second-order valence-electron chi connectivity index (χ2n) is 6.86. The smallest absolute Gasteiger partial charge is 0.238 e. The van der Waals surface area contributed by atoms with Crippen LogP contribution in [0.3, 0.4) is 0 Å². The molecule has 2 aromatic carbocycles. The molecule has 132 valence electrons. The Morgan fingerprint density at radius 1 is 0.880 bits per heavy atom. The fraction of sp³-hybridized carbons (Fsp3) is 0.381. The first-order valence-electron chi connectivity index (χ1n) is 8.93. The third kappa shape index (κ3) is 4.20. The van der Waals surface area contributed by atoms with Gasteiger partial charge in [0.15, 0.2) is 0 Å². The van der Waals surface area contributed by atoms with E-state index in [1.165, 1.54) is 11.3 Å². The lowest BCUT2D eigenvalue weighted by Crippen LogP contribution is -2.48. The summed E-state index contributed by atoms with van der Waals surface area (Å²) >= 11 is 0. The first kappa shape index (κ1) is 17.5. The first-order valence-corrected chi connectivity index (χ1v) is 8.93. The quantitative estimate of drug-likeness (QED) is 0.929. The van der Waals surface area contributed by atoms with Gasteiger partial charge in [0, 0.05) is 37.6 Å². The lowest BCUT2D eigenvalue weighted by Gasteiger charge is -2.36. The number of amides is 1. The number of rotatable bonds is 4. The van der Waals surface area contributed by atoms with E-state index in [4.69, 9.17) is 0 Å². The largest absolute Gasteiger partial charge is 0.369 e. The second kappa shape index (κ2) is 7.70. The minimum absolute atomic E-state index is 0.0711. The Morgan fingerprint density at radius 3 is 2.12 bits per heavy atom. The Hall–Kier alpha value is -2.33. The van der Waals surface area contributed by atoms with Crippen LogP contribution in [0.2, 0.25) is 0 Å². The molecule has 0 aliphatic carbocycles. The molecule has 1 amide bonds. The van der Waals surface area contributed by atoms with Crippen LogP contribution in [0, 0.1) is 20.8 Å². The number of nitrogens with zero attached hydrogens (tertiary/aromatic N) is 2. The molecular weight excluding hydrogens is 310 g/mol. The Balaban J connectivity index is 1.54. The number of anilines is 2. The molecule has 4 nitrogen and oxygen atoms in total. The van der Waals surface area contributed by atoms with Crippen LogP contribution >= 0.6 is 0 Å². The number of para-hydroxylation sites is 2. The van der Waals surface area contributed by atoms with E-state index in [-0.39, 0.29) is 5.91 Å². The Kier molecular flexibility index (Phi) is 5.39. The van der Waals surface area contributed by atoms with E-state index in [0.29, 0.717) is 6.54 Å². The van der Waals surface area contributed by atoms with Crippen LogP contribution in [0.15, 0.2) is 42.5 Å². The van der Waals surface area contributed by atoms with Crippen molar-refractivity contribution in [1.29, 1.82) is 0 Å². The highest BCUT2D eigenvalue weighted by Gasteiger charge is 2.20. The maximum absolute atomic E-state index is 12.4. The molecule has 0 radical (unpaired) electrons. The molecule has 0 spiro atoms. The predicted molar refractivity (Wildman–Crippen MR) is 104 cm³/mol. The molecule has 1 aliphatic rings. The Bertz CT molecular complexity index is 728. The van der Waals surface area contributed by atoms with Crippen molar-refractivity contribution in [1.82, 2.24) is 4.90 Å². The van der Waals surface area contributed by atoms with Gasteiger partial charge in [0.2, 0.25) is 5.91 Å². The maximum Gasteiger partial charge on any atom is 0.238 e. The summed E-state index contributed by atoms with van der Waals surface area (Å²) in [5.74, 6) is 0.0711. The normalized spacial score (nSPS) is 15.2. The lowest BCUT2D eigenvalue weighted by atomic mass is 10.1. The molecule has 4 heteroatoms. The zero-order chi connectivity index (χ0) is 17.8. The number of aryl methyl sites for hydroxylation is 3. The van der Waals surface area contributed by atoms with E-state index in [1.807, 2.05) is 32.0 Å². The average molecular weight is 337 g/mol. The van der Waals surface area contributed by atoms with Crippen molar-refractivity contribution in [2.75, 3.05) is 42.9 Å². The topological polar surface area (TPSA) is 35.6 Å². The van der Waals surface area contributed by atoms with Crippen molar-refractivity contribution in [3.05, 3.63) is 59.2 Å². The minimum atomic E-state index is 0.0711. The van der Waals surface area contributed by atoms with Crippen molar-refractivity contribution in [3.63, 3.8) is 0 Å². The number of carbonyl (C=O) groups is 1. The van der Waals surface area contributed by atoms with Gasteiger partial charge in [-0.2, -0.15) is 0 Å². The van der Waals surface area contributed by atoms with Gasteiger partial charge < -0.3 is 10.2 Å². The monoisotopic (exact) mass is 337 g/mol. The van der Waals surface area contributed by atoms with Crippen molar-refractivity contribution >= 4 is 17.3 Å².